The molecule has 1 fully saturated rings. The van der Waals surface area contributed by atoms with Crippen LogP contribution in [0.3, 0.4) is 0 Å². The molecule has 1 aliphatic rings. The standard InChI is InChI=1S/C22H24FNO4/c1-14-3-4-15(2)19(13-14)27-12-11-20(25)28-21(22(26)24-18-9-10-18)16-5-7-17(23)8-6-16/h3-8,13,18,21H,9-12H2,1-2H3,(H,24,26). The Hall–Kier alpha value is -2.89. The predicted octanol–water partition coefficient (Wildman–Crippen LogP) is 3.77. The molecule has 1 atom stereocenters. The van der Waals surface area contributed by atoms with Crippen LogP contribution < -0.4 is 10.1 Å². The van der Waals surface area contributed by atoms with Gasteiger partial charge >= 0.3 is 5.97 Å². The van der Waals surface area contributed by atoms with E-state index in [1.54, 1.807) is 0 Å². The van der Waals surface area contributed by atoms with Crippen LogP contribution in [0.4, 0.5) is 4.39 Å². The molecule has 2 aromatic rings. The molecule has 0 heterocycles. The molecule has 1 unspecified atom stereocenters. The lowest BCUT2D eigenvalue weighted by Crippen LogP contribution is -2.33. The molecule has 148 valence electrons. The summed E-state index contributed by atoms with van der Waals surface area (Å²) in [6, 6.07) is 11.4. The Morgan fingerprint density at radius 3 is 2.54 bits per heavy atom. The molecule has 5 nitrogen and oxygen atoms in total. The van der Waals surface area contributed by atoms with Crippen molar-refractivity contribution in [3.8, 4) is 5.75 Å². The van der Waals surface area contributed by atoms with E-state index >= 15 is 0 Å². The van der Waals surface area contributed by atoms with Crippen molar-refractivity contribution in [1.29, 1.82) is 0 Å². The van der Waals surface area contributed by atoms with Crippen molar-refractivity contribution in [2.24, 2.45) is 0 Å². The molecule has 1 amide bonds. The summed E-state index contributed by atoms with van der Waals surface area (Å²) in [6.45, 7) is 4.04. The van der Waals surface area contributed by atoms with Crippen molar-refractivity contribution in [2.75, 3.05) is 6.61 Å². The summed E-state index contributed by atoms with van der Waals surface area (Å²) in [6.07, 6.45) is 0.732. The summed E-state index contributed by atoms with van der Waals surface area (Å²) in [7, 11) is 0. The van der Waals surface area contributed by atoms with Crippen molar-refractivity contribution < 1.29 is 23.5 Å². The minimum atomic E-state index is -1.10. The fraction of sp³-hybridized carbons (Fsp3) is 0.364. The summed E-state index contributed by atoms with van der Waals surface area (Å²) in [5.74, 6) is -0.642. The second-order valence-electron chi connectivity index (χ2n) is 7.07. The molecule has 0 bridgehead atoms. The van der Waals surface area contributed by atoms with E-state index in [4.69, 9.17) is 9.47 Å². The Balaban J connectivity index is 1.59. The van der Waals surface area contributed by atoms with E-state index in [0.717, 1.165) is 29.7 Å². The average molecular weight is 385 g/mol. The zero-order valence-corrected chi connectivity index (χ0v) is 16.0. The summed E-state index contributed by atoms with van der Waals surface area (Å²) < 4.78 is 24.3. The van der Waals surface area contributed by atoms with Gasteiger partial charge in [0.25, 0.3) is 5.91 Å². The van der Waals surface area contributed by atoms with Gasteiger partial charge in [0.05, 0.1) is 13.0 Å². The van der Waals surface area contributed by atoms with E-state index in [-0.39, 0.29) is 19.1 Å². The number of benzene rings is 2. The summed E-state index contributed by atoms with van der Waals surface area (Å²) in [5, 5.41) is 2.83. The summed E-state index contributed by atoms with van der Waals surface area (Å²) in [4.78, 5) is 24.8. The molecule has 0 aliphatic heterocycles. The van der Waals surface area contributed by atoms with Crippen molar-refractivity contribution in [1.82, 2.24) is 5.32 Å². The van der Waals surface area contributed by atoms with Gasteiger partial charge in [0, 0.05) is 11.6 Å². The molecule has 0 saturated heterocycles. The SMILES string of the molecule is Cc1ccc(C)c(OCCC(=O)OC(C(=O)NC2CC2)c2ccc(F)cc2)c1. The third kappa shape index (κ3) is 5.55. The second-order valence-corrected chi connectivity index (χ2v) is 7.07. The lowest BCUT2D eigenvalue weighted by Gasteiger charge is -2.18. The van der Waals surface area contributed by atoms with Crippen LogP contribution in [0.15, 0.2) is 42.5 Å². The molecule has 28 heavy (non-hydrogen) atoms. The predicted molar refractivity (Wildman–Crippen MR) is 102 cm³/mol. The Bertz CT molecular complexity index is 846. The molecule has 3 rings (SSSR count). The first-order chi connectivity index (χ1) is 13.4. The van der Waals surface area contributed by atoms with E-state index < -0.39 is 23.8 Å². The minimum Gasteiger partial charge on any atom is -0.493 e. The first kappa shape index (κ1) is 19.9. The normalized spacial score (nSPS) is 14.2. The molecule has 0 spiro atoms. The maximum Gasteiger partial charge on any atom is 0.310 e. The number of esters is 1. The smallest absolute Gasteiger partial charge is 0.310 e. The van der Waals surface area contributed by atoms with Crippen LogP contribution in [0.25, 0.3) is 0 Å². The number of hydrogen-bond acceptors (Lipinski definition) is 4. The highest BCUT2D eigenvalue weighted by atomic mass is 19.1. The van der Waals surface area contributed by atoms with E-state index in [1.165, 1.54) is 24.3 Å². The topological polar surface area (TPSA) is 64.6 Å². The fourth-order valence-electron chi connectivity index (χ4n) is 2.71. The van der Waals surface area contributed by atoms with E-state index in [9.17, 15) is 14.0 Å². The van der Waals surface area contributed by atoms with E-state index in [1.807, 2.05) is 32.0 Å². The Morgan fingerprint density at radius 2 is 1.86 bits per heavy atom. The van der Waals surface area contributed by atoms with Gasteiger partial charge in [-0.3, -0.25) is 9.59 Å². The van der Waals surface area contributed by atoms with Gasteiger partial charge in [-0.2, -0.15) is 0 Å². The van der Waals surface area contributed by atoms with Crippen molar-refractivity contribution in [2.45, 2.75) is 45.3 Å². The van der Waals surface area contributed by atoms with Gasteiger partial charge in [-0.1, -0.05) is 24.3 Å². The van der Waals surface area contributed by atoms with E-state index in [2.05, 4.69) is 5.32 Å². The van der Waals surface area contributed by atoms with Crippen LogP contribution in [0.5, 0.6) is 5.75 Å². The number of hydrogen-bond donors (Lipinski definition) is 1. The van der Waals surface area contributed by atoms with Gasteiger partial charge < -0.3 is 14.8 Å². The fourth-order valence-corrected chi connectivity index (χ4v) is 2.71. The van der Waals surface area contributed by atoms with Gasteiger partial charge in [-0.25, -0.2) is 4.39 Å². The number of nitrogens with one attached hydrogen (secondary N) is 1. The largest absolute Gasteiger partial charge is 0.493 e. The van der Waals surface area contributed by atoms with Crippen LogP contribution in [-0.2, 0) is 14.3 Å². The highest BCUT2D eigenvalue weighted by Crippen LogP contribution is 2.24. The van der Waals surface area contributed by atoms with Gasteiger partial charge in [-0.15, -0.1) is 0 Å². The van der Waals surface area contributed by atoms with Crippen LogP contribution >= 0.6 is 0 Å². The van der Waals surface area contributed by atoms with Crippen LogP contribution in [0, 0.1) is 19.7 Å². The molecule has 1 aliphatic carbocycles. The molecular weight excluding hydrogens is 361 g/mol. The molecule has 0 radical (unpaired) electrons. The molecular formula is C22H24FNO4. The first-order valence-corrected chi connectivity index (χ1v) is 9.38. The Morgan fingerprint density at radius 1 is 1.14 bits per heavy atom. The van der Waals surface area contributed by atoms with Gasteiger partial charge in [-0.05, 0) is 56.0 Å². The average Bonchev–Trinajstić information content (AvgIpc) is 3.47. The lowest BCUT2D eigenvalue weighted by atomic mass is 10.1. The third-order valence-corrected chi connectivity index (χ3v) is 4.49. The second kappa shape index (κ2) is 8.87. The highest BCUT2D eigenvalue weighted by molar-refractivity contribution is 5.85. The van der Waals surface area contributed by atoms with Gasteiger partial charge in [0.2, 0.25) is 6.10 Å². The monoisotopic (exact) mass is 385 g/mol. The number of carbonyl (C=O) groups is 2. The Labute approximate surface area is 163 Å². The Kier molecular flexibility index (Phi) is 6.29. The number of aryl methyl sites for hydroxylation is 2. The molecule has 0 aromatic heterocycles. The number of carbonyl (C=O) groups excluding carboxylic acids is 2. The molecule has 2 aromatic carbocycles. The summed E-state index contributed by atoms with van der Waals surface area (Å²) in [5.41, 5.74) is 2.48. The van der Waals surface area contributed by atoms with Crippen LogP contribution in [0.1, 0.15) is 42.1 Å². The number of rotatable bonds is 8. The quantitative estimate of drug-likeness (QED) is 0.703. The number of halogens is 1. The zero-order chi connectivity index (χ0) is 20.1. The highest BCUT2D eigenvalue weighted by Gasteiger charge is 2.30. The summed E-state index contributed by atoms with van der Waals surface area (Å²) >= 11 is 0. The molecule has 6 heteroatoms. The van der Waals surface area contributed by atoms with E-state index in [0.29, 0.717) is 5.56 Å². The van der Waals surface area contributed by atoms with Crippen molar-refractivity contribution in [3.05, 3.63) is 65.0 Å². The maximum absolute atomic E-state index is 13.2. The van der Waals surface area contributed by atoms with Gasteiger partial charge in [0.15, 0.2) is 0 Å². The third-order valence-electron chi connectivity index (χ3n) is 4.49. The van der Waals surface area contributed by atoms with Crippen LogP contribution in [-0.4, -0.2) is 24.5 Å². The maximum atomic E-state index is 13.2. The van der Waals surface area contributed by atoms with Crippen molar-refractivity contribution in [3.63, 3.8) is 0 Å². The molecule has 1 N–H and O–H groups in total. The number of amides is 1. The first-order valence-electron chi connectivity index (χ1n) is 9.38. The number of ether oxygens (including phenoxy) is 2. The zero-order valence-electron chi connectivity index (χ0n) is 16.0. The lowest BCUT2D eigenvalue weighted by molar-refractivity contribution is -0.157. The van der Waals surface area contributed by atoms with Crippen LogP contribution in [0.2, 0.25) is 0 Å². The minimum absolute atomic E-state index is 0.00177. The van der Waals surface area contributed by atoms with Crippen molar-refractivity contribution >= 4 is 11.9 Å². The van der Waals surface area contributed by atoms with Gasteiger partial charge in [0.1, 0.15) is 11.6 Å². The molecule has 1 saturated carbocycles.